The number of nitrogens with one attached hydrogen (secondary N) is 1. The van der Waals surface area contributed by atoms with E-state index in [1.165, 1.54) is 23.1 Å². The Balaban J connectivity index is 1.89. The lowest BCUT2D eigenvalue weighted by molar-refractivity contribution is -0.128. The zero-order chi connectivity index (χ0) is 20.4. The van der Waals surface area contributed by atoms with E-state index in [0.717, 1.165) is 15.0 Å². The van der Waals surface area contributed by atoms with Crippen LogP contribution in [0.1, 0.15) is 12.5 Å². The van der Waals surface area contributed by atoms with E-state index in [1.807, 2.05) is 25.1 Å². The van der Waals surface area contributed by atoms with Crippen molar-refractivity contribution in [1.29, 1.82) is 0 Å². The Kier molecular flexibility index (Phi) is 9.32. The van der Waals surface area contributed by atoms with Gasteiger partial charge in [0.25, 0.3) is 0 Å². The molecular formula is C18H26N4O4S2. The molecule has 0 aliphatic rings. The van der Waals surface area contributed by atoms with Gasteiger partial charge in [0, 0.05) is 26.7 Å². The zero-order valence-electron chi connectivity index (χ0n) is 16.6. The van der Waals surface area contributed by atoms with Crippen LogP contribution in [0.2, 0.25) is 0 Å². The van der Waals surface area contributed by atoms with Gasteiger partial charge in [0.2, 0.25) is 11.0 Å². The van der Waals surface area contributed by atoms with Crippen molar-refractivity contribution in [2.24, 2.45) is 0 Å². The fourth-order valence-electron chi connectivity index (χ4n) is 2.39. The minimum Gasteiger partial charge on any atom is -0.493 e. The topological polar surface area (TPSA) is 85.8 Å². The molecule has 1 heterocycles. The summed E-state index contributed by atoms with van der Waals surface area (Å²) < 4.78 is 16.3. The van der Waals surface area contributed by atoms with Gasteiger partial charge in [-0.05, 0) is 24.6 Å². The van der Waals surface area contributed by atoms with Gasteiger partial charge in [-0.25, -0.2) is 0 Å². The molecule has 28 heavy (non-hydrogen) atoms. The normalized spacial score (nSPS) is 10.6. The Hall–Kier alpha value is -2.04. The summed E-state index contributed by atoms with van der Waals surface area (Å²) in [5.41, 5.74) is 0.985. The average molecular weight is 427 g/mol. The summed E-state index contributed by atoms with van der Waals surface area (Å²) in [5.74, 6) is 1.68. The van der Waals surface area contributed by atoms with E-state index >= 15 is 0 Å². The molecule has 0 unspecified atom stereocenters. The van der Waals surface area contributed by atoms with Crippen molar-refractivity contribution in [3.8, 4) is 11.5 Å². The van der Waals surface area contributed by atoms with Crippen LogP contribution in [0.25, 0.3) is 0 Å². The molecule has 0 spiro atoms. The fourth-order valence-corrected chi connectivity index (χ4v) is 4.07. The van der Waals surface area contributed by atoms with Gasteiger partial charge in [-0.1, -0.05) is 29.2 Å². The predicted molar refractivity (Wildman–Crippen MR) is 112 cm³/mol. The van der Waals surface area contributed by atoms with Crippen molar-refractivity contribution < 1.29 is 19.0 Å². The number of nitrogens with zero attached hydrogens (tertiary/aromatic N) is 3. The third-order valence-corrected chi connectivity index (χ3v) is 5.86. The number of hydrogen-bond donors (Lipinski definition) is 1. The molecule has 0 saturated carbocycles. The Bertz CT molecular complexity index is 757. The summed E-state index contributed by atoms with van der Waals surface area (Å²) in [5, 5.41) is 12.0. The van der Waals surface area contributed by atoms with E-state index < -0.39 is 0 Å². The van der Waals surface area contributed by atoms with Crippen LogP contribution in [0, 0.1) is 0 Å². The Morgan fingerprint density at radius 2 is 2.00 bits per heavy atom. The molecule has 0 atom stereocenters. The molecule has 0 fully saturated rings. The highest BCUT2D eigenvalue weighted by atomic mass is 32.2. The number of anilines is 1. The first-order chi connectivity index (χ1) is 13.6. The van der Waals surface area contributed by atoms with E-state index in [0.29, 0.717) is 43.5 Å². The van der Waals surface area contributed by atoms with E-state index in [4.69, 9.17) is 14.2 Å². The fraction of sp³-hybridized carbons (Fsp3) is 0.500. The molecule has 0 radical (unpaired) electrons. The molecule has 2 aromatic rings. The minimum atomic E-state index is 0.0476. The second-order valence-corrected chi connectivity index (χ2v) is 7.88. The van der Waals surface area contributed by atoms with Gasteiger partial charge in [-0.3, -0.25) is 4.79 Å². The standard InChI is InChI=1S/C18H26N4O4S2/c1-5-22(11-13-6-7-14(25-3)15(10-13)26-4)16(23)12-27-18-21-20-17(28-18)19-8-9-24-2/h6-7,10H,5,8-9,11-12H2,1-4H3,(H,19,20). The van der Waals surface area contributed by atoms with Gasteiger partial charge in [-0.15, -0.1) is 10.2 Å². The first-order valence-electron chi connectivity index (χ1n) is 8.79. The first-order valence-corrected chi connectivity index (χ1v) is 10.6. The first kappa shape index (κ1) is 22.3. The number of methoxy groups -OCH3 is 3. The smallest absolute Gasteiger partial charge is 0.233 e. The molecule has 1 aromatic carbocycles. The maximum absolute atomic E-state index is 12.6. The van der Waals surface area contributed by atoms with Crippen LogP contribution in [0.4, 0.5) is 5.13 Å². The van der Waals surface area contributed by atoms with Gasteiger partial charge >= 0.3 is 0 Å². The highest BCUT2D eigenvalue weighted by Gasteiger charge is 2.15. The van der Waals surface area contributed by atoms with Crippen molar-refractivity contribution in [2.75, 3.05) is 52.1 Å². The Morgan fingerprint density at radius 1 is 1.21 bits per heavy atom. The van der Waals surface area contributed by atoms with Gasteiger partial charge in [0.05, 0.1) is 26.6 Å². The van der Waals surface area contributed by atoms with Crippen LogP contribution in [0.5, 0.6) is 11.5 Å². The Labute approximate surface area is 173 Å². The summed E-state index contributed by atoms with van der Waals surface area (Å²) in [6.07, 6.45) is 0. The van der Waals surface area contributed by atoms with Gasteiger partial charge < -0.3 is 24.4 Å². The number of hydrogen-bond acceptors (Lipinski definition) is 9. The van der Waals surface area contributed by atoms with Crippen molar-refractivity contribution >= 4 is 34.1 Å². The molecule has 1 N–H and O–H groups in total. The van der Waals surface area contributed by atoms with Gasteiger partial charge in [-0.2, -0.15) is 0 Å². The molecule has 0 bridgehead atoms. The number of amides is 1. The van der Waals surface area contributed by atoms with Crippen LogP contribution < -0.4 is 14.8 Å². The monoisotopic (exact) mass is 426 g/mol. The SMILES string of the molecule is CCN(Cc1ccc(OC)c(OC)c1)C(=O)CSc1nnc(NCCOC)s1. The molecular weight excluding hydrogens is 400 g/mol. The minimum absolute atomic E-state index is 0.0476. The summed E-state index contributed by atoms with van der Waals surface area (Å²) in [4.78, 5) is 14.4. The number of carbonyl (C=O) groups excluding carboxylic acids is 1. The largest absolute Gasteiger partial charge is 0.493 e. The molecule has 8 nitrogen and oxygen atoms in total. The number of thioether (sulfide) groups is 1. The predicted octanol–water partition coefficient (Wildman–Crippen LogP) is 2.75. The van der Waals surface area contributed by atoms with Gasteiger partial charge in [0.15, 0.2) is 15.8 Å². The van der Waals surface area contributed by atoms with Crippen molar-refractivity contribution in [3.05, 3.63) is 23.8 Å². The number of carbonyl (C=O) groups is 1. The third-order valence-electron chi connectivity index (χ3n) is 3.86. The molecule has 0 aliphatic heterocycles. The van der Waals surface area contributed by atoms with Crippen LogP contribution in [0.15, 0.2) is 22.5 Å². The van der Waals surface area contributed by atoms with Crippen LogP contribution in [-0.2, 0) is 16.1 Å². The van der Waals surface area contributed by atoms with Crippen LogP contribution >= 0.6 is 23.1 Å². The molecule has 1 aromatic heterocycles. The number of benzene rings is 1. The lowest BCUT2D eigenvalue weighted by Crippen LogP contribution is -2.31. The van der Waals surface area contributed by atoms with Gasteiger partial charge in [0.1, 0.15) is 0 Å². The van der Waals surface area contributed by atoms with E-state index in [2.05, 4.69) is 15.5 Å². The molecule has 10 heteroatoms. The second kappa shape index (κ2) is 11.7. The molecule has 154 valence electrons. The quantitative estimate of drug-likeness (QED) is 0.410. The number of rotatable bonds is 12. The number of aromatic nitrogens is 2. The van der Waals surface area contributed by atoms with Crippen molar-refractivity contribution in [2.45, 2.75) is 17.8 Å². The van der Waals surface area contributed by atoms with Crippen molar-refractivity contribution in [1.82, 2.24) is 15.1 Å². The second-order valence-electron chi connectivity index (χ2n) is 5.68. The van der Waals surface area contributed by atoms with E-state index in [9.17, 15) is 4.79 Å². The molecule has 0 saturated heterocycles. The zero-order valence-corrected chi connectivity index (χ0v) is 18.2. The highest BCUT2D eigenvalue weighted by Crippen LogP contribution is 2.29. The van der Waals surface area contributed by atoms with Crippen molar-refractivity contribution in [3.63, 3.8) is 0 Å². The summed E-state index contributed by atoms with van der Waals surface area (Å²) in [7, 11) is 4.85. The maximum atomic E-state index is 12.6. The lowest BCUT2D eigenvalue weighted by Gasteiger charge is -2.21. The third kappa shape index (κ3) is 6.54. The highest BCUT2D eigenvalue weighted by molar-refractivity contribution is 8.01. The Morgan fingerprint density at radius 3 is 2.68 bits per heavy atom. The molecule has 1 amide bonds. The maximum Gasteiger partial charge on any atom is 0.233 e. The summed E-state index contributed by atoms with van der Waals surface area (Å²) >= 11 is 2.82. The lowest BCUT2D eigenvalue weighted by atomic mass is 10.2. The number of ether oxygens (including phenoxy) is 3. The summed E-state index contributed by atoms with van der Waals surface area (Å²) in [6.45, 7) is 4.36. The van der Waals surface area contributed by atoms with E-state index in [1.54, 1.807) is 26.2 Å². The van der Waals surface area contributed by atoms with Crippen LogP contribution in [0.3, 0.4) is 0 Å². The van der Waals surface area contributed by atoms with E-state index in [-0.39, 0.29) is 5.91 Å². The molecule has 2 rings (SSSR count). The average Bonchev–Trinajstić information content (AvgIpc) is 3.18. The summed E-state index contributed by atoms with van der Waals surface area (Å²) in [6, 6.07) is 5.68. The van der Waals surface area contributed by atoms with Crippen LogP contribution in [-0.4, -0.2) is 67.8 Å². The molecule has 0 aliphatic carbocycles.